The van der Waals surface area contributed by atoms with E-state index in [1.165, 1.54) is 49.1 Å². The second-order valence-electron chi connectivity index (χ2n) is 6.42. The monoisotopic (exact) mass is 262 g/mol. The van der Waals surface area contributed by atoms with Crippen molar-refractivity contribution in [1.29, 1.82) is 0 Å². The van der Waals surface area contributed by atoms with Gasteiger partial charge in [-0.05, 0) is 39.5 Å². The minimum atomic E-state index is 0.419. The van der Waals surface area contributed by atoms with Gasteiger partial charge in [-0.15, -0.1) is 0 Å². The van der Waals surface area contributed by atoms with Crippen LogP contribution in [0.15, 0.2) is 0 Å². The van der Waals surface area contributed by atoms with Gasteiger partial charge in [-0.3, -0.25) is 9.58 Å². The first kappa shape index (κ1) is 13.1. The van der Waals surface area contributed by atoms with E-state index in [1.807, 2.05) is 11.7 Å². The maximum atomic E-state index is 6.20. The highest BCUT2D eigenvalue weighted by atomic mass is 15.3. The van der Waals surface area contributed by atoms with Crippen molar-refractivity contribution in [2.24, 2.45) is 12.8 Å². The van der Waals surface area contributed by atoms with Crippen LogP contribution in [0, 0.1) is 13.8 Å². The fourth-order valence-corrected chi connectivity index (χ4v) is 4.01. The summed E-state index contributed by atoms with van der Waals surface area (Å²) in [5, 5.41) is 4.55. The first-order valence-corrected chi connectivity index (χ1v) is 7.56. The molecule has 2 saturated heterocycles. The number of nitrogens with two attached hydrogens (primary N) is 1. The van der Waals surface area contributed by atoms with Crippen LogP contribution >= 0.6 is 0 Å². The van der Waals surface area contributed by atoms with E-state index in [9.17, 15) is 0 Å². The second kappa shape index (κ2) is 4.91. The topological polar surface area (TPSA) is 47.1 Å². The van der Waals surface area contributed by atoms with Crippen molar-refractivity contribution < 1.29 is 0 Å². The summed E-state index contributed by atoms with van der Waals surface area (Å²) < 4.78 is 2.01. The van der Waals surface area contributed by atoms with Gasteiger partial charge < -0.3 is 5.73 Å². The van der Waals surface area contributed by atoms with Crippen LogP contribution < -0.4 is 5.73 Å². The van der Waals surface area contributed by atoms with Crippen LogP contribution in [0.25, 0.3) is 0 Å². The molecule has 0 spiro atoms. The molecule has 0 aromatic carbocycles. The molecule has 1 aromatic rings. The third kappa shape index (κ3) is 2.32. The van der Waals surface area contributed by atoms with Crippen LogP contribution in [-0.4, -0.2) is 32.8 Å². The molecule has 3 heterocycles. The molecule has 4 heteroatoms. The highest BCUT2D eigenvalue weighted by molar-refractivity contribution is 5.24. The lowest BCUT2D eigenvalue weighted by molar-refractivity contribution is 0.0242. The molecule has 2 N–H and O–H groups in total. The second-order valence-corrected chi connectivity index (χ2v) is 6.42. The van der Waals surface area contributed by atoms with Gasteiger partial charge in [0.2, 0.25) is 0 Å². The Bertz CT molecular complexity index is 451. The van der Waals surface area contributed by atoms with E-state index in [-0.39, 0.29) is 0 Å². The first-order chi connectivity index (χ1) is 9.06. The Morgan fingerprint density at radius 3 is 2.37 bits per heavy atom. The summed E-state index contributed by atoms with van der Waals surface area (Å²) in [6.07, 6.45) is 6.37. The van der Waals surface area contributed by atoms with Gasteiger partial charge in [-0.25, -0.2) is 0 Å². The van der Waals surface area contributed by atoms with Crippen molar-refractivity contribution in [2.45, 2.75) is 70.6 Å². The Morgan fingerprint density at radius 1 is 1.21 bits per heavy atom. The van der Waals surface area contributed by atoms with Crippen molar-refractivity contribution in [3.63, 3.8) is 0 Å². The van der Waals surface area contributed by atoms with Gasteiger partial charge >= 0.3 is 0 Å². The summed E-state index contributed by atoms with van der Waals surface area (Å²) in [5.41, 5.74) is 10.1. The number of piperidine rings is 2. The van der Waals surface area contributed by atoms with Crippen molar-refractivity contribution in [3.05, 3.63) is 17.0 Å². The molecule has 0 saturated carbocycles. The molecule has 19 heavy (non-hydrogen) atoms. The number of hydrogen-bond donors (Lipinski definition) is 1. The van der Waals surface area contributed by atoms with E-state index >= 15 is 0 Å². The molecule has 1 aromatic heterocycles. The maximum Gasteiger partial charge on any atom is 0.0641 e. The van der Waals surface area contributed by atoms with E-state index in [0.717, 1.165) is 6.54 Å². The zero-order valence-corrected chi connectivity index (χ0v) is 12.4. The molecule has 0 radical (unpaired) electrons. The smallest absolute Gasteiger partial charge is 0.0641 e. The Labute approximate surface area is 116 Å². The van der Waals surface area contributed by atoms with E-state index in [0.29, 0.717) is 18.1 Å². The largest absolute Gasteiger partial charge is 0.328 e. The Balaban J connectivity index is 1.82. The van der Waals surface area contributed by atoms with Gasteiger partial charge in [0.1, 0.15) is 0 Å². The van der Waals surface area contributed by atoms with E-state index in [1.54, 1.807) is 0 Å². The van der Waals surface area contributed by atoms with Crippen LogP contribution in [-0.2, 0) is 13.6 Å². The molecule has 2 unspecified atom stereocenters. The van der Waals surface area contributed by atoms with Crippen LogP contribution in [0.5, 0.6) is 0 Å². The van der Waals surface area contributed by atoms with Crippen LogP contribution in [0.4, 0.5) is 0 Å². The third-order valence-corrected chi connectivity index (χ3v) is 5.16. The van der Waals surface area contributed by atoms with Crippen LogP contribution in [0.3, 0.4) is 0 Å². The number of hydrogen-bond acceptors (Lipinski definition) is 3. The number of aromatic nitrogens is 2. The Kier molecular flexibility index (Phi) is 3.39. The van der Waals surface area contributed by atoms with Crippen molar-refractivity contribution in [1.82, 2.24) is 14.7 Å². The molecule has 2 bridgehead atoms. The molecule has 106 valence electrons. The summed E-state index contributed by atoms with van der Waals surface area (Å²) in [6.45, 7) is 5.38. The van der Waals surface area contributed by atoms with Gasteiger partial charge in [0, 0.05) is 43.0 Å². The molecule has 4 nitrogen and oxygen atoms in total. The maximum absolute atomic E-state index is 6.20. The van der Waals surface area contributed by atoms with Crippen LogP contribution in [0.1, 0.15) is 49.1 Å². The minimum Gasteiger partial charge on any atom is -0.328 e. The average Bonchev–Trinajstić information content (AvgIpc) is 2.57. The predicted molar refractivity (Wildman–Crippen MR) is 76.9 cm³/mol. The summed E-state index contributed by atoms with van der Waals surface area (Å²) in [4.78, 5) is 2.71. The molecule has 2 atom stereocenters. The van der Waals surface area contributed by atoms with E-state index < -0.39 is 0 Å². The van der Waals surface area contributed by atoms with Crippen molar-refractivity contribution in [2.75, 3.05) is 0 Å². The fourth-order valence-electron chi connectivity index (χ4n) is 4.01. The quantitative estimate of drug-likeness (QED) is 0.885. The van der Waals surface area contributed by atoms with Crippen LogP contribution in [0.2, 0.25) is 0 Å². The first-order valence-electron chi connectivity index (χ1n) is 7.56. The number of nitrogens with zero attached hydrogens (tertiary/aromatic N) is 3. The SMILES string of the molecule is Cc1nn(C)c(C)c1CN1C2CCCC1CC(N)C2. The zero-order chi connectivity index (χ0) is 13.6. The molecular weight excluding hydrogens is 236 g/mol. The molecule has 2 aliphatic heterocycles. The molecule has 2 aliphatic rings. The standard InChI is InChI=1S/C15H26N4/c1-10-15(11(2)18(3)17-10)9-19-13-5-4-6-14(19)8-12(16)7-13/h12-14H,4-9,16H2,1-3H3. The fraction of sp³-hybridized carbons (Fsp3) is 0.800. The van der Waals surface area contributed by atoms with Gasteiger partial charge in [0.05, 0.1) is 5.69 Å². The number of rotatable bonds is 2. The lowest BCUT2D eigenvalue weighted by Gasteiger charge is -2.48. The van der Waals surface area contributed by atoms with E-state index in [2.05, 4.69) is 23.8 Å². The molecular formula is C15H26N4. The average molecular weight is 262 g/mol. The lowest BCUT2D eigenvalue weighted by atomic mass is 9.82. The van der Waals surface area contributed by atoms with Crippen molar-refractivity contribution >= 4 is 0 Å². The van der Waals surface area contributed by atoms with Gasteiger partial charge in [0.25, 0.3) is 0 Å². The molecule has 3 rings (SSSR count). The van der Waals surface area contributed by atoms with E-state index in [4.69, 9.17) is 5.73 Å². The Morgan fingerprint density at radius 2 is 1.84 bits per heavy atom. The summed E-state index contributed by atoms with van der Waals surface area (Å²) in [7, 11) is 2.04. The molecule has 2 fully saturated rings. The third-order valence-electron chi connectivity index (χ3n) is 5.16. The normalized spacial score (nSPS) is 31.7. The number of fused-ring (bicyclic) bond motifs is 2. The molecule has 0 amide bonds. The summed E-state index contributed by atoms with van der Waals surface area (Å²) in [5.74, 6) is 0. The summed E-state index contributed by atoms with van der Waals surface area (Å²) in [6, 6.07) is 1.81. The van der Waals surface area contributed by atoms with Crippen molar-refractivity contribution in [3.8, 4) is 0 Å². The molecule has 0 aliphatic carbocycles. The Hall–Kier alpha value is -0.870. The number of aryl methyl sites for hydroxylation is 2. The predicted octanol–water partition coefficient (Wildman–Crippen LogP) is 1.88. The lowest BCUT2D eigenvalue weighted by Crippen LogP contribution is -2.54. The summed E-state index contributed by atoms with van der Waals surface area (Å²) >= 11 is 0. The highest BCUT2D eigenvalue weighted by Crippen LogP contribution is 2.35. The van der Waals surface area contributed by atoms with Gasteiger partial charge in [0.15, 0.2) is 0 Å². The van der Waals surface area contributed by atoms with Gasteiger partial charge in [-0.1, -0.05) is 6.42 Å². The van der Waals surface area contributed by atoms with Gasteiger partial charge in [-0.2, -0.15) is 5.10 Å². The zero-order valence-electron chi connectivity index (χ0n) is 12.4. The minimum absolute atomic E-state index is 0.419. The highest BCUT2D eigenvalue weighted by Gasteiger charge is 2.37.